The van der Waals surface area contributed by atoms with Crippen molar-refractivity contribution >= 4 is 33.5 Å². The minimum absolute atomic E-state index is 0.00975. The molecule has 0 fully saturated rings. The number of alkyl halides is 1. The molecule has 0 radical (unpaired) electrons. The first kappa shape index (κ1) is 15.7. The monoisotopic (exact) mass is 327 g/mol. The van der Waals surface area contributed by atoms with Crippen LogP contribution < -0.4 is 4.90 Å². The van der Waals surface area contributed by atoms with Gasteiger partial charge in [0.25, 0.3) is 0 Å². The summed E-state index contributed by atoms with van der Waals surface area (Å²) in [4.78, 5) is 25.1. The highest BCUT2D eigenvalue weighted by molar-refractivity contribution is 9.09. The van der Waals surface area contributed by atoms with Crippen LogP contribution in [0.3, 0.4) is 0 Å². The Bertz CT molecular complexity index is 440. The predicted octanol–water partition coefficient (Wildman–Crippen LogP) is 3.39. The Hall–Kier alpha value is -1.36. The lowest BCUT2D eigenvalue weighted by molar-refractivity contribution is -0.115. The van der Waals surface area contributed by atoms with Crippen molar-refractivity contribution in [3.05, 3.63) is 30.3 Å². The lowest BCUT2D eigenvalue weighted by Crippen LogP contribution is -2.40. The second kappa shape index (κ2) is 6.70. The van der Waals surface area contributed by atoms with Gasteiger partial charge in [-0.1, -0.05) is 34.1 Å². The molecule has 104 valence electrons. The summed E-state index contributed by atoms with van der Waals surface area (Å²) in [6.07, 6.45) is -0.520. The molecular weight excluding hydrogens is 310 g/mol. The zero-order valence-electron chi connectivity index (χ0n) is 11.4. The molecule has 19 heavy (non-hydrogen) atoms. The molecule has 0 spiro atoms. The SMILES string of the molecule is CC(C)(C)OC(=O)N(CC(=O)CBr)c1ccccc1. The molecule has 0 heterocycles. The van der Waals surface area contributed by atoms with E-state index in [0.29, 0.717) is 5.69 Å². The van der Waals surface area contributed by atoms with Gasteiger partial charge in [-0.05, 0) is 32.9 Å². The van der Waals surface area contributed by atoms with E-state index in [4.69, 9.17) is 4.74 Å². The number of hydrogen-bond donors (Lipinski definition) is 0. The van der Waals surface area contributed by atoms with Gasteiger partial charge in [-0.3, -0.25) is 9.69 Å². The minimum atomic E-state index is -0.596. The van der Waals surface area contributed by atoms with Crippen LogP contribution in [0.5, 0.6) is 0 Å². The molecule has 1 aromatic carbocycles. The summed E-state index contributed by atoms with van der Waals surface area (Å²) in [5.41, 5.74) is 0.0488. The molecule has 0 unspecified atom stereocenters. The Labute approximate surface area is 121 Å². The summed E-state index contributed by atoms with van der Waals surface area (Å²) in [6.45, 7) is 5.37. The summed E-state index contributed by atoms with van der Waals surface area (Å²) in [5, 5.41) is 0.207. The van der Waals surface area contributed by atoms with E-state index in [9.17, 15) is 9.59 Å². The van der Waals surface area contributed by atoms with Gasteiger partial charge in [0.1, 0.15) is 5.60 Å². The van der Waals surface area contributed by atoms with Crippen LogP contribution in [0.1, 0.15) is 20.8 Å². The highest BCUT2D eigenvalue weighted by atomic mass is 79.9. The van der Waals surface area contributed by atoms with E-state index in [0.717, 1.165) is 0 Å². The van der Waals surface area contributed by atoms with Crippen molar-refractivity contribution in [3.63, 3.8) is 0 Å². The first-order valence-electron chi connectivity index (χ1n) is 5.96. The molecule has 1 aromatic rings. The van der Waals surface area contributed by atoms with Crippen molar-refractivity contribution in [2.75, 3.05) is 16.8 Å². The van der Waals surface area contributed by atoms with Crippen molar-refractivity contribution < 1.29 is 14.3 Å². The van der Waals surface area contributed by atoms with Gasteiger partial charge in [0.2, 0.25) is 0 Å². The summed E-state index contributed by atoms with van der Waals surface area (Å²) in [7, 11) is 0. The maximum atomic E-state index is 12.1. The molecule has 1 rings (SSSR count). The van der Waals surface area contributed by atoms with E-state index in [1.165, 1.54) is 4.90 Å². The third-order valence-electron chi connectivity index (χ3n) is 2.17. The van der Waals surface area contributed by atoms with Crippen LogP contribution in [0.25, 0.3) is 0 Å². The normalized spacial score (nSPS) is 10.9. The maximum Gasteiger partial charge on any atom is 0.415 e. The molecular formula is C14H18BrNO3. The summed E-state index contributed by atoms with van der Waals surface area (Å²) in [6, 6.07) is 9.01. The van der Waals surface area contributed by atoms with E-state index < -0.39 is 11.7 Å². The zero-order valence-corrected chi connectivity index (χ0v) is 12.9. The first-order valence-corrected chi connectivity index (χ1v) is 7.09. The average molecular weight is 328 g/mol. The number of benzene rings is 1. The number of para-hydroxylation sites is 1. The highest BCUT2D eigenvalue weighted by Gasteiger charge is 2.24. The Morgan fingerprint density at radius 3 is 2.26 bits per heavy atom. The number of amides is 1. The van der Waals surface area contributed by atoms with E-state index in [-0.39, 0.29) is 17.7 Å². The lowest BCUT2D eigenvalue weighted by atomic mass is 10.2. The number of halogens is 1. The van der Waals surface area contributed by atoms with Gasteiger partial charge in [0.05, 0.1) is 11.9 Å². The number of ether oxygens (including phenoxy) is 1. The average Bonchev–Trinajstić information content (AvgIpc) is 2.34. The predicted molar refractivity (Wildman–Crippen MR) is 78.8 cm³/mol. The number of rotatable bonds is 4. The van der Waals surface area contributed by atoms with Crippen LogP contribution in [0, 0.1) is 0 Å². The van der Waals surface area contributed by atoms with Crippen LogP contribution >= 0.6 is 15.9 Å². The largest absolute Gasteiger partial charge is 0.443 e. The van der Waals surface area contributed by atoms with Gasteiger partial charge in [-0.15, -0.1) is 0 Å². The minimum Gasteiger partial charge on any atom is -0.443 e. The molecule has 0 aromatic heterocycles. The Balaban J connectivity index is 2.93. The van der Waals surface area contributed by atoms with Gasteiger partial charge < -0.3 is 4.74 Å². The number of Topliss-reactive ketones (excluding diaryl/α,β-unsaturated/α-hetero) is 1. The van der Waals surface area contributed by atoms with Crippen LogP contribution in [-0.4, -0.2) is 29.4 Å². The number of hydrogen-bond acceptors (Lipinski definition) is 3. The van der Waals surface area contributed by atoms with Crippen LogP contribution in [0.15, 0.2) is 30.3 Å². The number of nitrogens with zero attached hydrogens (tertiary/aromatic N) is 1. The van der Waals surface area contributed by atoms with Crippen molar-refractivity contribution in [2.45, 2.75) is 26.4 Å². The quantitative estimate of drug-likeness (QED) is 0.796. The second-order valence-electron chi connectivity index (χ2n) is 5.07. The number of carbonyl (C=O) groups excluding carboxylic acids is 2. The molecule has 4 nitrogen and oxygen atoms in total. The van der Waals surface area contributed by atoms with E-state index in [2.05, 4.69) is 15.9 Å². The number of anilines is 1. The summed E-state index contributed by atoms with van der Waals surface area (Å²) >= 11 is 3.10. The molecule has 0 N–H and O–H groups in total. The molecule has 0 bridgehead atoms. The second-order valence-corrected chi connectivity index (χ2v) is 5.64. The van der Waals surface area contributed by atoms with Crippen LogP contribution in [-0.2, 0) is 9.53 Å². The van der Waals surface area contributed by atoms with Crippen molar-refractivity contribution in [1.29, 1.82) is 0 Å². The Morgan fingerprint density at radius 1 is 1.21 bits per heavy atom. The Kier molecular flexibility index (Phi) is 5.54. The van der Waals surface area contributed by atoms with Gasteiger partial charge >= 0.3 is 6.09 Å². The van der Waals surface area contributed by atoms with E-state index in [1.54, 1.807) is 32.9 Å². The molecule has 0 aliphatic heterocycles. The van der Waals surface area contributed by atoms with Gasteiger partial charge in [0.15, 0.2) is 5.78 Å². The molecule has 0 saturated heterocycles. The fourth-order valence-corrected chi connectivity index (χ4v) is 1.58. The summed E-state index contributed by atoms with van der Waals surface area (Å²) in [5.74, 6) is -0.0882. The van der Waals surface area contributed by atoms with E-state index in [1.807, 2.05) is 18.2 Å². The molecule has 0 atom stereocenters. The molecule has 5 heteroatoms. The topological polar surface area (TPSA) is 46.6 Å². The van der Waals surface area contributed by atoms with Crippen LogP contribution in [0.2, 0.25) is 0 Å². The zero-order chi connectivity index (χ0) is 14.5. The third-order valence-corrected chi connectivity index (χ3v) is 2.79. The molecule has 0 aliphatic carbocycles. The number of carbonyl (C=O) groups is 2. The van der Waals surface area contributed by atoms with E-state index >= 15 is 0 Å². The van der Waals surface area contributed by atoms with Gasteiger partial charge in [0, 0.05) is 5.69 Å². The van der Waals surface area contributed by atoms with Crippen molar-refractivity contribution in [3.8, 4) is 0 Å². The molecule has 0 aliphatic rings. The first-order chi connectivity index (χ1) is 8.83. The van der Waals surface area contributed by atoms with Gasteiger partial charge in [-0.25, -0.2) is 4.79 Å². The summed E-state index contributed by atoms with van der Waals surface area (Å²) < 4.78 is 5.32. The van der Waals surface area contributed by atoms with Crippen LogP contribution in [0.4, 0.5) is 10.5 Å². The fraction of sp³-hybridized carbons (Fsp3) is 0.429. The maximum absolute atomic E-state index is 12.1. The van der Waals surface area contributed by atoms with Crippen molar-refractivity contribution in [2.24, 2.45) is 0 Å². The Morgan fingerprint density at radius 2 is 1.79 bits per heavy atom. The lowest BCUT2D eigenvalue weighted by Gasteiger charge is -2.26. The van der Waals surface area contributed by atoms with Crippen molar-refractivity contribution in [1.82, 2.24) is 0 Å². The van der Waals surface area contributed by atoms with Gasteiger partial charge in [-0.2, -0.15) is 0 Å². The smallest absolute Gasteiger partial charge is 0.415 e. The highest BCUT2D eigenvalue weighted by Crippen LogP contribution is 2.17. The third kappa shape index (κ3) is 5.42. The molecule has 0 saturated carbocycles. The molecule has 1 amide bonds. The standard InChI is InChI=1S/C14H18BrNO3/c1-14(2,3)19-13(18)16(10-12(17)9-15)11-7-5-4-6-8-11/h4-8H,9-10H2,1-3H3. The fourth-order valence-electron chi connectivity index (χ4n) is 1.40. The number of ketones is 1.